The summed E-state index contributed by atoms with van der Waals surface area (Å²) in [6.07, 6.45) is 0. The van der Waals surface area contributed by atoms with Gasteiger partial charge in [0, 0.05) is 14.2 Å². The monoisotopic (exact) mass is 352 g/mol. The molecule has 0 aromatic rings. The summed E-state index contributed by atoms with van der Waals surface area (Å²) in [6, 6.07) is 0. The molecule has 6 heteroatoms. The number of rotatable bonds is 2. The van der Waals surface area contributed by atoms with Crippen molar-refractivity contribution in [2.45, 2.75) is 0 Å². The Hall–Kier alpha value is 0.798. The second-order valence-electron chi connectivity index (χ2n) is 1.26. The number of methoxy groups -OCH3 is 1. The van der Waals surface area contributed by atoms with E-state index < -0.39 is 7.60 Å². The van der Waals surface area contributed by atoms with Gasteiger partial charge in [-0.05, 0) is 7.11 Å². The van der Waals surface area contributed by atoms with E-state index in [0.29, 0.717) is 0 Å². The Morgan fingerprint density at radius 2 is 1.36 bits per heavy atom. The molecule has 0 spiro atoms. The van der Waals surface area contributed by atoms with Gasteiger partial charge in [0.25, 0.3) is 0 Å². The van der Waals surface area contributed by atoms with Crippen molar-refractivity contribution in [2.24, 2.45) is 0 Å². The molecule has 0 heterocycles. The van der Waals surface area contributed by atoms with Crippen LogP contribution in [0.25, 0.3) is 0 Å². The van der Waals surface area contributed by atoms with Crippen LogP contribution < -0.4 is 0 Å². The van der Waals surface area contributed by atoms with Crippen molar-refractivity contribution in [3.8, 4) is 0 Å². The van der Waals surface area contributed by atoms with Crippen LogP contribution in [0.4, 0.5) is 0 Å². The normalized spacial score (nSPS) is 9.18. The van der Waals surface area contributed by atoms with Crippen molar-refractivity contribution in [3.05, 3.63) is 13.8 Å². The van der Waals surface area contributed by atoms with E-state index in [9.17, 15) is 4.57 Å². The summed E-state index contributed by atoms with van der Waals surface area (Å²) >= 11 is 0. The summed E-state index contributed by atoms with van der Waals surface area (Å²) in [4.78, 5) is 0. The average molecular weight is 352 g/mol. The van der Waals surface area contributed by atoms with Gasteiger partial charge in [0.2, 0.25) is 0 Å². The van der Waals surface area contributed by atoms with Crippen LogP contribution in [0.2, 0.25) is 0 Å². The van der Waals surface area contributed by atoms with Gasteiger partial charge >= 0.3 is 21.1 Å². The van der Waals surface area contributed by atoms with Crippen LogP contribution in [0.15, 0.2) is 0 Å². The molecule has 0 aromatic heterocycles. The van der Waals surface area contributed by atoms with Gasteiger partial charge in [0.15, 0.2) is 7.60 Å². The molecule has 0 radical (unpaired) electrons. The van der Waals surface area contributed by atoms with Gasteiger partial charge in [0.1, 0.15) is 0 Å². The molecular formula is C5H13O4PW. The van der Waals surface area contributed by atoms with Gasteiger partial charge in [-0.2, -0.15) is 0 Å². The SMILES string of the molecule is [CH2-]OC.[CH2-]P(=O)(OC)OC.[W+2]. The molecule has 0 aliphatic rings. The zero-order chi connectivity index (χ0) is 8.62. The predicted molar refractivity (Wildman–Crippen MR) is 39.3 cm³/mol. The third kappa shape index (κ3) is 18.1. The standard InChI is InChI=1S/C3H8O3P.C2H5O.W/c1-5-7(3,4)6-2;1-3-2;/h3H2,1-2H3;1H2,2H3;/q2*-1;+2. The summed E-state index contributed by atoms with van der Waals surface area (Å²) in [5.74, 6) is 0. The third-order valence-corrected chi connectivity index (χ3v) is 1.67. The zero-order valence-corrected chi connectivity index (χ0v) is 10.7. The quantitative estimate of drug-likeness (QED) is 0.561. The van der Waals surface area contributed by atoms with Gasteiger partial charge in [-0.25, -0.2) is 13.8 Å². The molecule has 68 valence electrons. The van der Waals surface area contributed by atoms with E-state index in [2.05, 4.69) is 27.6 Å². The van der Waals surface area contributed by atoms with Crippen LogP contribution in [0.3, 0.4) is 0 Å². The molecule has 0 saturated carbocycles. The Kier molecular flexibility index (Phi) is 17.4. The van der Waals surface area contributed by atoms with Crippen molar-refractivity contribution in [1.29, 1.82) is 0 Å². The average Bonchev–Trinajstić information content (AvgIpc) is 1.90. The van der Waals surface area contributed by atoms with E-state index in [-0.39, 0.29) is 21.1 Å². The fourth-order valence-corrected chi connectivity index (χ4v) is 0.224. The second kappa shape index (κ2) is 10.8. The first-order valence-electron chi connectivity index (χ1n) is 2.38. The number of hydrogen-bond donors (Lipinski definition) is 0. The summed E-state index contributed by atoms with van der Waals surface area (Å²) in [6.45, 7) is 3.12. The zero-order valence-electron chi connectivity index (χ0n) is 6.90. The summed E-state index contributed by atoms with van der Waals surface area (Å²) < 4.78 is 23.0. The van der Waals surface area contributed by atoms with Gasteiger partial charge in [-0.1, -0.05) is 0 Å². The first-order valence-corrected chi connectivity index (χ1v) is 4.11. The Bertz CT molecular complexity index is 101. The van der Waals surface area contributed by atoms with Crippen LogP contribution in [-0.4, -0.2) is 21.3 Å². The maximum Gasteiger partial charge on any atom is 2.00 e. The van der Waals surface area contributed by atoms with Crippen LogP contribution in [0, 0.1) is 13.8 Å². The molecule has 0 amide bonds. The third-order valence-electron chi connectivity index (χ3n) is 0.556. The van der Waals surface area contributed by atoms with Crippen LogP contribution >= 0.6 is 7.60 Å². The molecule has 0 aromatic carbocycles. The van der Waals surface area contributed by atoms with Gasteiger partial charge < -0.3 is 13.8 Å². The molecule has 11 heavy (non-hydrogen) atoms. The maximum atomic E-state index is 10.4. The van der Waals surface area contributed by atoms with E-state index in [0.717, 1.165) is 0 Å². The minimum Gasteiger partial charge on any atom is -0.557 e. The van der Waals surface area contributed by atoms with Crippen LogP contribution in [0.5, 0.6) is 0 Å². The minimum atomic E-state index is -2.90. The molecule has 0 atom stereocenters. The first kappa shape index (κ1) is 17.8. The Balaban J connectivity index is -0.000000140. The van der Waals surface area contributed by atoms with Crippen LogP contribution in [-0.2, 0) is 39.4 Å². The molecule has 0 fully saturated rings. The maximum absolute atomic E-state index is 10.4. The van der Waals surface area contributed by atoms with E-state index in [4.69, 9.17) is 0 Å². The largest absolute Gasteiger partial charge is 2.00 e. The first-order chi connectivity index (χ1) is 4.54. The number of hydrogen-bond acceptors (Lipinski definition) is 4. The predicted octanol–water partition coefficient (Wildman–Crippen LogP) is 1.69. The summed E-state index contributed by atoms with van der Waals surface area (Å²) in [5, 5.41) is 0. The van der Waals surface area contributed by atoms with Crippen molar-refractivity contribution in [1.82, 2.24) is 0 Å². The van der Waals surface area contributed by atoms with Gasteiger partial charge in [-0.15, -0.1) is 0 Å². The molecule has 4 nitrogen and oxygen atoms in total. The second-order valence-corrected chi connectivity index (χ2v) is 3.22. The van der Waals surface area contributed by atoms with Crippen molar-refractivity contribution < 1.29 is 39.4 Å². The minimum absolute atomic E-state index is 0. The van der Waals surface area contributed by atoms with E-state index >= 15 is 0 Å². The summed E-state index contributed by atoms with van der Waals surface area (Å²) in [5.41, 5.74) is 0. The number of ether oxygens (including phenoxy) is 1. The fourth-order valence-electron chi connectivity index (χ4n) is 0.0745. The van der Waals surface area contributed by atoms with Crippen molar-refractivity contribution >= 4 is 7.60 Å². The molecule has 0 unspecified atom stereocenters. The fraction of sp³-hybridized carbons (Fsp3) is 0.600. The van der Waals surface area contributed by atoms with Gasteiger partial charge in [-0.3, -0.25) is 4.57 Å². The summed E-state index contributed by atoms with van der Waals surface area (Å²) in [7, 11) is 4.17. The molecule has 0 N–H and O–H groups in total. The molecule has 0 saturated heterocycles. The molecule has 0 bridgehead atoms. The topological polar surface area (TPSA) is 44.8 Å². The molecule has 0 aliphatic heterocycles. The van der Waals surface area contributed by atoms with E-state index in [1.165, 1.54) is 21.3 Å². The Morgan fingerprint density at radius 1 is 1.18 bits per heavy atom. The molecule has 0 aliphatic carbocycles. The molecule has 0 rings (SSSR count). The Labute approximate surface area is 82.4 Å². The van der Waals surface area contributed by atoms with Gasteiger partial charge in [0.05, 0.1) is 0 Å². The van der Waals surface area contributed by atoms with Crippen molar-refractivity contribution in [3.63, 3.8) is 0 Å². The Morgan fingerprint density at radius 3 is 1.36 bits per heavy atom. The van der Waals surface area contributed by atoms with Crippen molar-refractivity contribution in [2.75, 3.05) is 21.3 Å². The van der Waals surface area contributed by atoms with Crippen LogP contribution in [0.1, 0.15) is 0 Å². The molecular weight excluding hydrogens is 339 g/mol. The smallest absolute Gasteiger partial charge is 0.557 e. The van der Waals surface area contributed by atoms with E-state index in [1.807, 2.05) is 0 Å². The van der Waals surface area contributed by atoms with E-state index in [1.54, 1.807) is 0 Å².